The number of rotatable bonds is 0. The van der Waals surface area contributed by atoms with E-state index in [1.807, 2.05) is 6.08 Å². The molecule has 0 aliphatic carbocycles. The molecule has 0 atom stereocenters. The fourth-order valence-corrected chi connectivity index (χ4v) is 1.40. The molecular weight excluding hydrogens is 134 g/mol. The highest BCUT2D eigenvalue weighted by atomic mass is 15.1. The molecule has 2 rings (SSSR count). The summed E-state index contributed by atoms with van der Waals surface area (Å²) in [5.41, 5.74) is 2.77. The predicted molar refractivity (Wildman–Crippen MR) is 46.6 cm³/mol. The van der Waals surface area contributed by atoms with Gasteiger partial charge in [-0.05, 0) is 31.1 Å². The molecule has 0 radical (unpaired) electrons. The minimum atomic E-state index is 1.09. The third kappa shape index (κ3) is 1.03. The molecule has 56 valence electrons. The molecule has 0 aromatic rings. The summed E-state index contributed by atoms with van der Waals surface area (Å²) in [5.74, 6) is 0. The monoisotopic (exact) mass is 145 g/mol. The summed E-state index contributed by atoms with van der Waals surface area (Å²) in [5, 5.41) is 0. The molecular formula is C10H11N. The van der Waals surface area contributed by atoms with Gasteiger partial charge in [0.25, 0.3) is 0 Å². The van der Waals surface area contributed by atoms with Crippen LogP contribution in [0.2, 0.25) is 0 Å². The molecule has 2 heterocycles. The highest BCUT2D eigenvalue weighted by molar-refractivity contribution is 5.36. The zero-order valence-electron chi connectivity index (χ0n) is 6.62. The lowest BCUT2D eigenvalue weighted by Crippen LogP contribution is -2.13. The van der Waals surface area contributed by atoms with E-state index < -0.39 is 0 Å². The molecule has 1 heteroatoms. The fraction of sp³-hybridized carbons (Fsp3) is 0.200. The molecule has 0 aromatic carbocycles. The molecule has 0 unspecified atom stereocenters. The van der Waals surface area contributed by atoms with Crippen molar-refractivity contribution in [2.45, 2.75) is 13.3 Å². The van der Waals surface area contributed by atoms with Crippen LogP contribution in [0, 0.1) is 0 Å². The van der Waals surface area contributed by atoms with Crippen LogP contribution in [0.15, 0.2) is 48.0 Å². The van der Waals surface area contributed by atoms with Crippen molar-refractivity contribution in [2.24, 2.45) is 0 Å². The second-order valence-electron chi connectivity index (χ2n) is 2.86. The number of nitrogens with zero attached hydrogens (tertiary/aromatic N) is 1. The molecule has 0 N–H and O–H groups in total. The molecule has 2 aliphatic rings. The van der Waals surface area contributed by atoms with Crippen molar-refractivity contribution in [1.29, 1.82) is 0 Å². The van der Waals surface area contributed by atoms with Crippen LogP contribution in [0.3, 0.4) is 0 Å². The van der Waals surface area contributed by atoms with Crippen LogP contribution in [-0.2, 0) is 0 Å². The van der Waals surface area contributed by atoms with Crippen molar-refractivity contribution in [1.82, 2.24) is 4.90 Å². The zero-order valence-corrected chi connectivity index (χ0v) is 6.62. The Bertz CT molecular complexity index is 279. The van der Waals surface area contributed by atoms with Crippen LogP contribution < -0.4 is 0 Å². The van der Waals surface area contributed by atoms with Gasteiger partial charge in [0.1, 0.15) is 0 Å². The van der Waals surface area contributed by atoms with Gasteiger partial charge in [-0.2, -0.15) is 0 Å². The molecule has 0 fully saturated rings. The van der Waals surface area contributed by atoms with Gasteiger partial charge in [-0.15, -0.1) is 0 Å². The third-order valence-electron chi connectivity index (χ3n) is 2.02. The standard InChI is InChI=1S/C10H11N/c1-9-5-4-8-11-7-3-2-6-10(9)11/h2-4,6-8H,5H2,1H3. The highest BCUT2D eigenvalue weighted by Crippen LogP contribution is 2.23. The van der Waals surface area contributed by atoms with E-state index in [9.17, 15) is 0 Å². The Balaban J connectivity index is 2.40. The van der Waals surface area contributed by atoms with Gasteiger partial charge >= 0.3 is 0 Å². The van der Waals surface area contributed by atoms with E-state index in [1.54, 1.807) is 0 Å². The van der Waals surface area contributed by atoms with Gasteiger partial charge in [0.05, 0.1) is 0 Å². The van der Waals surface area contributed by atoms with Crippen molar-refractivity contribution in [3.63, 3.8) is 0 Å². The van der Waals surface area contributed by atoms with E-state index in [0.29, 0.717) is 0 Å². The van der Waals surface area contributed by atoms with Crippen molar-refractivity contribution in [2.75, 3.05) is 0 Å². The largest absolute Gasteiger partial charge is 0.324 e. The van der Waals surface area contributed by atoms with E-state index in [0.717, 1.165) is 6.42 Å². The minimum Gasteiger partial charge on any atom is -0.324 e. The van der Waals surface area contributed by atoms with E-state index >= 15 is 0 Å². The maximum atomic E-state index is 2.18. The van der Waals surface area contributed by atoms with Gasteiger partial charge in [-0.1, -0.05) is 12.2 Å². The summed E-state index contributed by atoms with van der Waals surface area (Å²) in [6.45, 7) is 2.18. The van der Waals surface area contributed by atoms with E-state index in [-0.39, 0.29) is 0 Å². The van der Waals surface area contributed by atoms with Crippen LogP contribution in [0.25, 0.3) is 0 Å². The first-order valence-corrected chi connectivity index (χ1v) is 3.87. The zero-order chi connectivity index (χ0) is 7.68. The first-order valence-electron chi connectivity index (χ1n) is 3.87. The van der Waals surface area contributed by atoms with Gasteiger partial charge in [-0.3, -0.25) is 0 Å². The first kappa shape index (κ1) is 6.47. The molecule has 0 saturated heterocycles. The fourth-order valence-electron chi connectivity index (χ4n) is 1.40. The molecule has 1 nitrogen and oxygen atoms in total. The van der Waals surface area contributed by atoms with Crippen molar-refractivity contribution in [3.05, 3.63) is 48.0 Å². The van der Waals surface area contributed by atoms with Crippen molar-refractivity contribution in [3.8, 4) is 0 Å². The van der Waals surface area contributed by atoms with Crippen molar-refractivity contribution < 1.29 is 0 Å². The highest BCUT2D eigenvalue weighted by Gasteiger charge is 2.09. The van der Waals surface area contributed by atoms with Gasteiger partial charge in [0.2, 0.25) is 0 Å². The summed E-state index contributed by atoms with van der Waals surface area (Å²) in [6, 6.07) is 0. The van der Waals surface area contributed by atoms with Crippen LogP contribution in [-0.4, -0.2) is 4.90 Å². The Morgan fingerprint density at radius 1 is 1.27 bits per heavy atom. The maximum absolute atomic E-state index is 2.18. The normalized spacial score (nSPS) is 21.0. The quantitative estimate of drug-likeness (QED) is 0.506. The number of hydrogen-bond acceptors (Lipinski definition) is 1. The summed E-state index contributed by atoms with van der Waals surface area (Å²) in [7, 11) is 0. The molecule has 0 spiro atoms. The minimum absolute atomic E-state index is 1.09. The lowest BCUT2D eigenvalue weighted by molar-refractivity contribution is 0.617. The average Bonchev–Trinajstić information content (AvgIpc) is 2.06. The lowest BCUT2D eigenvalue weighted by atomic mass is 10.1. The summed E-state index contributed by atoms with van der Waals surface area (Å²) in [4.78, 5) is 2.15. The molecule has 0 aromatic heterocycles. The number of hydrogen-bond donors (Lipinski definition) is 0. The third-order valence-corrected chi connectivity index (χ3v) is 2.02. The molecule has 0 amide bonds. The molecule has 11 heavy (non-hydrogen) atoms. The Hall–Kier alpha value is -1.24. The summed E-state index contributed by atoms with van der Waals surface area (Å²) >= 11 is 0. The predicted octanol–water partition coefficient (Wildman–Crippen LogP) is 2.56. The molecule has 0 saturated carbocycles. The smallest absolute Gasteiger partial charge is 0.0441 e. The van der Waals surface area contributed by atoms with E-state index in [1.165, 1.54) is 11.3 Å². The topological polar surface area (TPSA) is 3.24 Å². The SMILES string of the molecule is CC1=C2C=CC=CN2C=CC1. The van der Waals surface area contributed by atoms with Gasteiger partial charge < -0.3 is 4.90 Å². The van der Waals surface area contributed by atoms with Crippen LogP contribution in [0.5, 0.6) is 0 Å². The maximum Gasteiger partial charge on any atom is 0.0441 e. The van der Waals surface area contributed by atoms with Crippen LogP contribution in [0.4, 0.5) is 0 Å². The van der Waals surface area contributed by atoms with Crippen molar-refractivity contribution >= 4 is 0 Å². The second-order valence-corrected chi connectivity index (χ2v) is 2.86. The van der Waals surface area contributed by atoms with Crippen LogP contribution >= 0.6 is 0 Å². The first-order chi connectivity index (χ1) is 5.38. The van der Waals surface area contributed by atoms with E-state index in [2.05, 4.69) is 42.5 Å². The number of allylic oxidation sites excluding steroid dienone is 5. The molecule has 0 bridgehead atoms. The Morgan fingerprint density at radius 2 is 2.18 bits per heavy atom. The second kappa shape index (κ2) is 2.42. The average molecular weight is 145 g/mol. The van der Waals surface area contributed by atoms with Gasteiger partial charge in [0.15, 0.2) is 0 Å². The Morgan fingerprint density at radius 3 is 3.00 bits per heavy atom. The number of fused-ring (bicyclic) bond motifs is 1. The van der Waals surface area contributed by atoms with E-state index in [4.69, 9.17) is 0 Å². The molecule has 2 aliphatic heterocycles. The van der Waals surface area contributed by atoms with Gasteiger partial charge in [0, 0.05) is 18.1 Å². The van der Waals surface area contributed by atoms with Gasteiger partial charge in [-0.25, -0.2) is 0 Å². The Kier molecular flexibility index (Phi) is 1.42. The Labute approximate surface area is 67.0 Å². The lowest BCUT2D eigenvalue weighted by Gasteiger charge is -2.24. The summed E-state index contributed by atoms with van der Waals surface area (Å²) < 4.78 is 0. The van der Waals surface area contributed by atoms with Crippen LogP contribution in [0.1, 0.15) is 13.3 Å². The summed E-state index contributed by atoms with van der Waals surface area (Å²) in [6.07, 6.45) is 13.7.